The molecule has 124 valence electrons. The van der Waals surface area contributed by atoms with E-state index >= 15 is 0 Å². The number of nitrogens with one attached hydrogen (secondary N) is 1. The van der Waals surface area contributed by atoms with Gasteiger partial charge in [0, 0.05) is 51.3 Å². The van der Waals surface area contributed by atoms with Crippen molar-refractivity contribution in [1.29, 1.82) is 0 Å². The van der Waals surface area contributed by atoms with Crippen LogP contribution in [-0.4, -0.2) is 56.3 Å². The first-order valence-corrected chi connectivity index (χ1v) is 8.35. The van der Waals surface area contributed by atoms with Crippen LogP contribution < -0.4 is 0 Å². The fourth-order valence-corrected chi connectivity index (χ4v) is 3.23. The van der Waals surface area contributed by atoms with Gasteiger partial charge in [-0.3, -0.25) is 9.69 Å². The predicted molar refractivity (Wildman–Crippen MR) is 92.2 cm³/mol. The lowest BCUT2D eigenvalue weighted by molar-refractivity contribution is 0.0622. The average Bonchev–Trinajstić information content (AvgIpc) is 3.20. The van der Waals surface area contributed by atoms with E-state index in [0.717, 1.165) is 31.0 Å². The zero-order valence-electron chi connectivity index (χ0n) is 13.2. The Morgan fingerprint density at radius 1 is 1.25 bits per heavy atom. The van der Waals surface area contributed by atoms with Crippen molar-refractivity contribution >= 4 is 23.2 Å². The molecule has 1 N–H and O–H groups in total. The second kappa shape index (κ2) is 6.30. The third kappa shape index (κ3) is 3.02. The molecule has 0 spiro atoms. The summed E-state index contributed by atoms with van der Waals surface area (Å²) in [5, 5.41) is 0.559. The van der Waals surface area contributed by atoms with Crippen molar-refractivity contribution in [2.45, 2.75) is 6.54 Å². The molecule has 0 unspecified atom stereocenters. The summed E-state index contributed by atoms with van der Waals surface area (Å²) in [6.45, 7) is 3.91. The summed E-state index contributed by atoms with van der Waals surface area (Å²) in [4.78, 5) is 24.1. The van der Waals surface area contributed by atoms with E-state index in [2.05, 4.69) is 21.1 Å². The van der Waals surface area contributed by atoms with E-state index in [0.29, 0.717) is 23.8 Å². The number of fused-ring (bicyclic) bond motifs is 1. The molecule has 4 rings (SSSR count). The predicted octanol–water partition coefficient (Wildman–Crippen LogP) is 2.27. The summed E-state index contributed by atoms with van der Waals surface area (Å²) in [6.07, 6.45) is 5.70. The normalized spacial score (nSPS) is 16.0. The molecule has 4 heterocycles. The standard InChI is InChI=1S/C17H18ClN5O/c18-13-9-15(19-10-13)17(24)22-7-5-21(6-8-22)11-14-12-23-4-2-1-3-16(23)20-14/h1-4,9-10,12,19H,5-8,11H2. The van der Waals surface area contributed by atoms with E-state index in [1.54, 1.807) is 12.3 Å². The van der Waals surface area contributed by atoms with Gasteiger partial charge in [-0.15, -0.1) is 0 Å². The second-order valence-corrected chi connectivity index (χ2v) is 6.43. The van der Waals surface area contributed by atoms with Crippen LogP contribution in [0.5, 0.6) is 0 Å². The molecule has 7 heteroatoms. The quantitative estimate of drug-likeness (QED) is 0.793. The average molecular weight is 344 g/mol. The minimum absolute atomic E-state index is 0.00859. The highest BCUT2D eigenvalue weighted by Crippen LogP contribution is 2.14. The van der Waals surface area contributed by atoms with Gasteiger partial charge in [0.2, 0.25) is 0 Å². The Balaban J connectivity index is 1.36. The van der Waals surface area contributed by atoms with Crippen LogP contribution in [-0.2, 0) is 6.54 Å². The maximum absolute atomic E-state index is 12.4. The van der Waals surface area contributed by atoms with E-state index < -0.39 is 0 Å². The van der Waals surface area contributed by atoms with Gasteiger partial charge in [-0.2, -0.15) is 0 Å². The van der Waals surface area contributed by atoms with Gasteiger partial charge in [-0.25, -0.2) is 4.98 Å². The van der Waals surface area contributed by atoms with Crippen LogP contribution in [0.3, 0.4) is 0 Å². The number of carbonyl (C=O) groups is 1. The molecule has 3 aromatic heterocycles. The number of pyridine rings is 1. The van der Waals surface area contributed by atoms with Crippen molar-refractivity contribution < 1.29 is 4.79 Å². The maximum Gasteiger partial charge on any atom is 0.270 e. The van der Waals surface area contributed by atoms with Crippen molar-refractivity contribution in [3.05, 3.63) is 59.3 Å². The summed E-state index contributed by atoms with van der Waals surface area (Å²) >= 11 is 5.87. The number of imidazole rings is 1. The molecule has 24 heavy (non-hydrogen) atoms. The molecular formula is C17H18ClN5O. The van der Waals surface area contributed by atoms with Crippen LogP contribution in [0.2, 0.25) is 5.02 Å². The molecule has 3 aromatic rings. The van der Waals surface area contributed by atoms with Crippen molar-refractivity contribution in [2.24, 2.45) is 0 Å². The molecule has 0 saturated carbocycles. The van der Waals surface area contributed by atoms with Crippen molar-refractivity contribution in [1.82, 2.24) is 24.2 Å². The molecule has 1 aliphatic rings. The van der Waals surface area contributed by atoms with E-state index in [1.165, 1.54) is 0 Å². The fourth-order valence-electron chi connectivity index (χ4n) is 3.06. The Kier molecular flexibility index (Phi) is 4.00. The third-order valence-corrected chi connectivity index (χ3v) is 4.56. The van der Waals surface area contributed by atoms with Crippen LogP contribution >= 0.6 is 11.6 Å². The molecule has 1 saturated heterocycles. The minimum atomic E-state index is 0.00859. The molecule has 0 atom stereocenters. The second-order valence-electron chi connectivity index (χ2n) is 6.00. The highest BCUT2D eigenvalue weighted by molar-refractivity contribution is 6.30. The van der Waals surface area contributed by atoms with Crippen LogP contribution in [0.4, 0.5) is 0 Å². The Morgan fingerprint density at radius 2 is 2.08 bits per heavy atom. The number of H-pyrrole nitrogens is 1. The number of amides is 1. The zero-order chi connectivity index (χ0) is 16.5. The first-order valence-electron chi connectivity index (χ1n) is 7.97. The van der Waals surface area contributed by atoms with E-state index in [1.807, 2.05) is 33.7 Å². The number of halogens is 1. The lowest BCUT2D eigenvalue weighted by Crippen LogP contribution is -2.48. The number of nitrogens with zero attached hydrogens (tertiary/aromatic N) is 4. The molecule has 0 radical (unpaired) electrons. The highest BCUT2D eigenvalue weighted by atomic mass is 35.5. The Bertz CT molecular complexity index is 830. The van der Waals surface area contributed by atoms with Gasteiger partial charge in [-0.05, 0) is 18.2 Å². The largest absolute Gasteiger partial charge is 0.356 e. The number of aromatic amines is 1. The van der Waals surface area contributed by atoms with Crippen LogP contribution in [0, 0.1) is 0 Å². The number of rotatable bonds is 3. The number of aromatic nitrogens is 3. The maximum atomic E-state index is 12.4. The van der Waals surface area contributed by atoms with Crippen LogP contribution in [0.15, 0.2) is 42.9 Å². The summed E-state index contributed by atoms with van der Waals surface area (Å²) in [7, 11) is 0. The molecule has 1 amide bonds. The number of hydrogen-bond donors (Lipinski definition) is 1. The van der Waals surface area contributed by atoms with Gasteiger partial charge in [0.1, 0.15) is 11.3 Å². The van der Waals surface area contributed by atoms with Gasteiger partial charge in [0.15, 0.2) is 0 Å². The van der Waals surface area contributed by atoms with Crippen molar-refractivity contribution in [3.63, 3.8) is 0 Å². The Morgan fingerprint density at radius 3 is 2.79 bits per heavy atom. The van der Waals surface area contributed by atoms with Gasteiger partial charge in [0.25, 0.3) is 5.91 Å². The number of carbonyl (C=O) groups excluding carboxylic acids is 1. The van der Waals surface area contributed by atoms with Gasteiger partial charge < -0.3 is 14.3 Å². The number of hydrogen-bond acceptors (Lipinski definition) is 3. The molecule has 1 fully saturated rings. The monoisotopic (exact) mass is 343 g/mol. The molecule has 0 bridgehead atoms. The first kappa shape index (κ1) is 15.2. The lowest BCUT2D eigenvalue weighted by atomic mass is 10.2. The minimum Gasteiger partial charge on any atom is -0.356 e. The first-order chi connectivity index (χ1) is 11.7. The topological polar surface area (TPSA) is 56.6 Å². The molecule has 6 nitrogen and oxygen atoms in total. The van der Waals surface area contributed by atoms with Gasteiger partial charge >= 0.3 is 0 Å². The Hall–Kier alpha value is -2.31. The third-order valence-electron chi connectivity index (χ3n) is 4.34. The molecule has 0 aromatic carbocycles. The molecule has 1 aliphatic heterocycles. The van der Waals surface area contributed by atoms with E-state index in [4.69, 9.17) is 11.6 Å². The van der Waals surface area contributed by atoms with Crippen LogP contribution in [0.1, 0.15) is 16.2 Å². The molecular weight excluding hydrogens is 326 g/mol. The lowest BCUT2D eigenvalue weighted by Gasteiger charge is -2.34. The summed E-state index contributed by atoms with van der Waals surface area (Å²) in [5.41, 5.74) is 2.57. The van der Waals surface area contributed by atoms with Gasteiger partial charge in [-0.1, -0.05) is 17.7 Å². The van der Waals surface area contributed by atoms with Crippen LogP contribution in [0.25, 0.3) is 5.65 Å². The Labute approximate surface area is 144 Å². The van der Waals surface area contributed by atoms with Crippen molar-refractivity contribution in [2.75, 3.05) is 26.2 Å². The SMILES string of the molecule is O=C(c1cc(Cl)c[nH]1)N1CCN(Cc2cn3ccccc3n2)CC1. The summed E-state index contributed by atoms with van der Waals surface area (Å²) < 4.78 is 2.03. The smallest absolute Gasteiger partial charge is 0.270 e. The summed E-state index contributed by atoms with van der Waals surface area (Å²) in [6, 6.07) is 7.66. The zero-order valence-corrected chi connectivity index (χ0v) is 13.9. The fraction of sp³-hybridized carbons (Fsp3) is 0.294. The van der Waals surface area contributed by atoms with Gasteiger partial charge in [0.05, 0.1) is 10.7 Å². The summed E-state index contributed by atoms with van der Waals surface area (Å²) in [5.74, 6) is 0.00859. The van der Waals surface area contributed by atoms with E-state index in [9.17, 15) is 4.79 Å². The molecule has 0 aliphatic carbocycles. The highest BCUT2D eigenvalue weighted by Gasteiger charge is 2.23. The van der Waals surface area contributed by atoms with E-state index in [-0.39, 0.29) is 5.91 Å². The van der Waals surface area contributed by atoms with Crippen molar-refractivity contribution in [3.8, 4) is 0 Å². The number of piperazine rings is 1.